The summed E-state index contributed by atoms with van der Waals surface area (Å²) in [5, 5.41) is 7.74. The molecule has 180 valence electrons. The summed E-state index contributed by atoms with van der Waals surface area (Å²) in [6.45, 7) is 1.64. The van der Waals surface area contributed by atoms with Crippen LogP contribution in [-0.2, 0) is 10.0 Å². The third-order valence-electron chi connectivity index (χ3n) is 5.27. The molecule has 5 N–H and O–H groups in total. The minimum absolute atomic E-state index is 0.0589. The standard InChI is InChI=1S/C23H20F2N6O3S/c1-2-5-35(33,34)31-18-4-3-17(24)19(20(18)25)21(32)16-11-30-23-15(16)7-14(10-29-23)13-6-12(8-26)22(27)28-9-13/h3-4,6-11,26,31H,2,5H2,1H3,(H2,27,28)(H,29,30). The topological polar surface area (TPSA) is 155 Å². The quantitative estimate of drug-likeness (QED) is 0.214. The van der Waals surface area contributed by atoms with Crippen molar-refractivity contribution < 1.29 is 22.0 Å². The molecular weight excluding hydrogens is 478 g/mol. The molecule has 12 heteroatoms. The number of fused-ring (bicyclic) bond motifs is 1. The highest BCUT2D eigenvalue weighted by atomic mass is 32.2. The van der Waals surface area contributed by atoms with Crippen LogP contribution in [0.5, 0.6) is 0 Å². The summed E-state index contributed by atoms with van der Waals surface area (Å²) < 4.78 is 56.0. The lowest BCUT2D eigenvalue weighted by atomic mass is 10.00. The number of hydrogen-bond acceptors (Lipinski definition) is 7. The molecule has 4 rings (SSSR count). The van der Waals surface area contributed by atoms with E-state index in [0.717, 1.165) is 18.3 Å². The van der Waals surface area contributed by atoms with E-state index in [2.05, 4.69) is 19.7 Å². The predicted octanol–water partition coefficient (Wildman–Crippen LogP) is 3.87. The fraction of sp³-hybridized carbons (Fsp3) is 0.130. The minimum Gasteiger partial charge on any atom is -0.383 e. The number of nitrogens with one attached hydrogen (secondary N) is 3. The molecule has 0 fully saturated rings. The van der Waals surface area contributed by atoms with Crippen molar-refractivity contribution in [1.29, 1.82) is 5.41 Å². The summed E-state index contributed by atoms with van der Waals surface area (Å²) in [6, 6.07) is 4.98. The molecule has 3 heterocycles. The molecular formula is C23H20F2N6O3S. The summed E-state index contributed by atoms with van der Waals surface area (Å²) in [6.07, 6.45) is 5.61. The highest BCUT2D eigenvalue weighted by Gasteiger charge is 2.26. The van der Waals surface area contributed by atoms with Crippen LogP contribution in [0.3, 0.4) is 0 Å². The minimum atomic E-state index is -3.87. The van der Waals surface area contributed by atoms with Crippen molar-refractivity contribution in [3.8, 4) is 11.1 Å². The molecule has 3 aromatic heterocycles. The molecule has 0 aliphatic heterocycles. The number of carbonyl (C=O) groups is 1. The molecule has 1 aromatic carbocycles. The summed E-state index contributed by atoms with van der Waals surface area (Å²) in [4.78, 5) is 24.3. The van der Waals surface area contributed by atoms with Crippen LogP contribution >= 0.6 is 0 Å². The van der Waals surface area contributed by atoms with Crippen LogP contribution in [0.15, 0.2) is 42.9 Å². The van der Waals surface area contributed by atoms with Crippen molar-refractivity contribution in [1.82, 2.24) is 15.0 Å². The van der Waals surface area contributed by atoms with E-state index in [1.807, 2.05) is 0 Å². The van der Waals surface area contributed by atoms with Gasteiger partial charge in [-0.15, -0.1) is 0 Å². The Bertz CT molecular complexity index is 1580. The molecule has 0 atom stereocenters. The average Bonchev–Trinajstić information content (AvgIpc) is 3.24. The van der Waals surface area contributed by atoms with Crippen molar-refractivity contribution in [3.63, 3.8) is 0 Å². The second-order valence-electron chi connectivity index (χ2n) is 7.70. The number of ketones is 1. The van der Waals surface area contributed by atoms with E-state index in [1.54, 1.807) is 19.1 Å². The van der Waals surface area contributed by atoms with Gasteiger partial charge in [0.2, 0.25) is 15.8 Å². The number of nitrogens with zero attached hydrogens (tertiary/aromatic N) is 2. The highest BCUT2D eigenvalue weighted by Crippen LogP contribution is 2.30. The third-order valence-corrected chi connectivity index (χ3v) is 6.75. The number of sulfonamides is 1. The van der Waals surface area contributed by atoms with Gasteiger partial charge in [0.1, 0.15) is 17.3 Å². The molecule has 0 amide bonds. The van der Waals surface area contributed by atoms with Gasteiger partial charge in [-0.2, -0.15) is 0 Å². The van der Waals surface area contributed by atoms with Gasteiger partial charge < -0.3 is 16.1 Å². The summed E-state index contributed by atoms with van der Waals surface area (Å²) >= 11 is 0. The Hall–Kier alpha value is -4.19. The van der Waals surface area contributed by atoms with E-state index in [9.17, 15) is 17.6 Å². The Kier molecular flexibility index (Phi) is 6.31. The molecule has 0 spiro atoms. The zero-order valence-electron chi connectivity index (χ0n) is 18.4. The van der Waals surface area contributed by atoms with E-state index in [1.165, 1.54) is 18.6 Å². The number of nitrogens with two attached hydrogens (primary N) is 1. The number of aromatic amines is 1. The zero-order valence-corrected chi connectivity index (χ0v) is 19.2. The fourth-order valence-corrected chi connectivity index (χ4v) is 4.71. The second-order valence-corrected chi connectivity index (χ2v) is 9.54. The summed E-state index contributed by atoms with van der Waals surface area (Å²) in [5.41, 5.74) is 6.05. The number of rotatable bonds is 8. The predicted molar refractivity (Wildman–Crippen MR) is 129 cm³/mol. The maximum Gasteiger partial charge on any atom is 0.232 e. The van der Waals surface area contributed by atoms with Gasteiger partial charge in [-0.1, -0.05) is 6.92 Å². The Labute approximate surface area is 199 Å². The van der Waals surface area contributed by atoms with Crippen molar-refractivity contribution in [2.75, 3.05) is 16.2 Å². The van der Waals surface area contributed by atoms with Crippen LogP contribution < -0.4 is 10.5 Å². The Morgan fingerprint density at radius 3 is 2.63 bits per heavy atom. The lowest BCUT2D eigenvalue weighted by Crippen LogP contribution is -2.18. The summed E-state index contributed by atoms with van der Waals surface area (Å²) in [7, 11) is -3.87. The molecule has 9 nitrogen and oxygen atoms in total. The number of halogens is 2. The van der Waals surface area contributed by atoms with Gasteiger partial charge in [-0.3, -0.25) is 9.52 Å². The van der Waals surface area contributed by atoms with E-state index < -0.39 is 38.7 Å². The van der Waals surface area contributed by atoms with Crippen molar-refractivity contribution in [3.05, 3.63) is 71.2 Å². The average molecular weight is 499 g/mol. The normalized spacial score (nSPS) is 11.5. The van der Waals surface area contributed by atoms with Gasteiger partial charge in [0.25, 0.3) is 0 Å². The number of carbonyl (C=O) groups excluding carboxylic acids is 1. The molecule has 4 aromatic rings. The molecule has 0 saturated carbocycles. The second kappa shape index (κ2) is 9.22. The number of H-pyrrole nitrogens is 1. The summed E-state index contributed by atoms with van der Waals surface area (Å²) in [5.74, 6) is -3.52. The first-order valence-corrected chi connectivity index (χ1v) is 12.1. The molecule has 0 aliphatic carbocycles. The monoisotopic (exact) mass is 498 g/mol. The van der Waals surface area contributed by atoms with E-state index in [4.69, 9.17) is 11.1 Å². The number of benzene rings is 1. The number of hydrogen-bond donors (Lipinski definition) is 4. The zero-order chi connectivity index (χ0) is 25.3. The Morgan fingerprint density at radius 2 is 1.91 bits per heavy atom. The number of anilines is 2. The van der Waals surface area contributed by atoms with Crippen molar-refractivity contribution >= 4 is 44.6 Å². The van der Waals surface area contributed by atoms with Crippen molar-refractivity contribution in [2.24, 2.45) is 0 Å². The largest absolute Gasteiger partial charge is 0.383 e. The van der Waals surface area contributed by atoms with Crippen molar-refractivity contribution in [2.45, 2.75) is 13.3 Å². The fourth-order valence-electron chi connectivity index (χ4n) is 3.58. The maximum atomic E-state index is 15.2. The van der Waals surface area contributed by atoms with Gasteiger partial charge in [-0.25, -0.2) is 27.2 Å². The SMILES string of the molecule is CCCS(=O)(=O)Nc1ccc(F)c(C(=O)c2c[nH]c3ncc(-c4cnc(N)c(C=N)c4)cc23)c1F. The molecule has 0 aliphatic rings. The molecule has 35 heavy (non-hydrogen) atoms. The number of aromatic nitrogens is 3. The first kappa shape index (κ1) is 24.0. The van der Waals surface area contributed by atoms with Crippen LogP contribution in [0.1, 0.15) is 34.8 Å². The van der Waals surface area contributed by atoms with E-state index in [0.29, 0.717) is 28.8 Å². The molecule has 0 bridgehead atoms. The van der Waals surface area contributed by atoms with Gasteiger partial charge in [0.15, 0.2) is 5.82 Å². The van der Waals surface area contributed by atoms with Gasteiger partial charge in [0, 0.05) is 52.4 Å². The van der Waals surface area contributed by atoms with Gasteiger partial charge >= 0.3 is 0 Å². The molecule has 0 saturated heterocycles. The van der Waals surface area contributed by atoms with Gasteiger partial charge in [0.05, 0.1) is 17.0 Å². The first-order valence-electron chi connectivity index (χ1n) is 10.4. The van der Waals surface area contributed by atoms with Gasteiger partial charge in [-0.05, 0) is 30.7 Å². The van der Waals surface area contributed by atoms with Crippen LogP contribution in [0.4, 0.5) is 20.3 Å². The van der Waals surface area contributed by atoms with Crippen LogP contribution in [0, 0.1) is 17.0 Å². The smallest absolute Gasteiger partial charge is 0.232 e. The number of pyridine rings is 2. The lowest BCUT2D eigenvalue weighted by Gasteiger charge is -2.11. The first-order chi connectivity index (χ1) is 16.6. The maximum absolute atomic E-state index is 15.2. The van der Waals surface area contributed by atoms with Crippen LogP contribution in [0.25, 0.3) is 22.2 Å². The van der Waals surface area contributed by atoms with Crippen LogP contribution in [-0.4, -0.2) is 41.1 Å². The number of nitrogen functional groups attached to an aromatic ring is 1. The Morgan fingerprint density at radius 1 is 1.20 bits per heavy atom. The third kappa shape index (κ3) is 4.60. The molecule has 0 unspecified atom stereocenters. The van der Waals surface area contributed by atoms with E-state index in [-0.39, 0.29) is 22.5 Å². The van der Waals surface area contributed by atoms with Crippen LogP contribution in [0.2, 0.25) is 0 Å². The molecule has 0 radical (unpaired) electrons. The van der Waals surface area contributed by atoms with E-state index >= 15 is 4.39 Å². The highest BCUT2D eigenvalue weighted by molar-refractivity contribution is 7.92. The Balaban J connectivity index is 1.79. The lowest BCUT2D eigenvalue weighted by molar-refractivity contribution is 0.103.